The Balaban J connectivity index is 1.56. The minimum Gasteiger partial charge on any atom is -0.388 e. The van der Waals surface area contributed by atoms with Crippen LogP contribution in [-0.2, 0) is 18.4 Å². The van der Waals surface area contributed by atoms with Crippen molar-refractivity contribution in [1.29, 1.82) is 0 Å². The smallest absolute Gasteiger partial charge is 0.227 e. The number of hydrogen-bond acceptors (Lipinski definition) is 4. The van der Waals surface area contributed by atoms with Crippen LogP contribution in [0.3, 0.4) is 0 Å². The van der Waals surface area contributed by atoms with Crippen LogP contribution in [-0.4, -0.2) is 44.4 Å². The number of β-amino-alcohol motifs (C(OH)–C–C–N with tert-alkyl or cyclic N) is 1. The lowest BCUT2D eigenvalue weighted by atomic mass is 9.89. The van der Waals surface area contributed by atoms with E-state index in [1.54, 1.807) is 24.1 Å². The molecule has 1 aromatic heterocycles. The Morgan fingerprint density at radius 3 is 2.88 bits per heavy atom. The molecule has 0 spiro atoms. The lowest BCUT2D eigenvalue weighted by Gasteiger charge is -2.39. The maximum atomic E-state index is 12.2. The molecule has 2 heterocycles. The number of aryl methyl sites for hydroxylation is 1. The largest absolute Gasteiger partial charge is 0.388 e. The number of hydrogen-bond donors (Lipinski definition) is 2. The van der Waals surface area contributed by atoms with Crippen LogP contribution in [0.5, 0.6) is 0 Å². The standard InChI is InChI=1S/C18H24N4O2/c1-21-13-16(11-19-21)20-17(23)10-18(24)8-5-9-22(14-18)12-15-6-3-2-4-7-15/h2-4,6-7,11,13,24H,5,8-10,12,14H2,1H3,(H,20,23). The zero-order valence-electron chi connectivity index (χ0n) is 14.0. The number of carbonyl (C=O) groups excluding carboxylic acids is 1. The number of nitrogens with one attached hydrogen (secondary N) is 1. The molecule has 1 saturated heterocycles. The molecule has 1 atom stereocenters. The molecule has 0 bridgehead atoms. The highest BCUT2D eigenvalue weighted by atomic mass is 16.3. The van der Waals surface area contributed by atoms with Crippen molar-refractivity contribution < 1.29 is 9.90 Å². The van der Waals surface area contributed by atoms with Crippen molar-refractivity contribution in [3.05, 3.63) is 48.3 Å². The minimum atomic E-state index is -0.973. The van der Waals surface area contributed by atoms with Gasteiger partial charge in [0.2, 0.25) is 5.91 Å². The first-order valence-corrected chi connectivity index (χ1v) is 8.30. The van der Waals surface area contributed by atoms with Gasteiger partial charge in [0.1, 0.15) is 0 Å². The Labute approximate surface area is 142 Å². The number of benzene rings is 1. The van der Waals surface area contributed by atoms with Crippen molar-refractivity contribution in [2.24, 2.45) is 7.05 Å². The Kier molecular flexibility index (Phi) is 4.97. The highest BCUT2D eigenvalue weighted by molar-refractivity contribution is 5.91. The molecule has 1 aliphatic heterocycles. The summed E-state index contributed by atoms with van der Waals surface area (Å²) in [6.07, 6.45) is 4.99. The molecular formula is C18H24N4O2. The van der Waals surface area contributed by atoms with E-state index in [4.69, 9.17) is 0 Å². The Morgan fingerprint density at radius 2 is 2.17 bits per heavy atom. The summed E-state index contributed by atoms with van der Waals surface area (Å²) < 4.78 is 1.63. The molecule has 1 amide bonds. The second-order valence-electron chi connectivity index (χ2n) is 6.65. The van der Waals surface area contributed by atoms with Crippen LogP contribution in [0.4, 0.5) is 5.69 Å². The summed E-state index contributed by atoms with van der Waals surface area (Å²) in [5.74, 6) is -0.174. The molecule has 1 unspecified atom stereocenters. The van der Waals surface area contributed by atoms with E-state index < -0.39 is 5.60 Å². The van der Waals surface area contributed by atoms with Gasteiger partial charge in [-0.1, -0.05) is 30.3 Å². The summed E-state index contributed by atoms with van der Waals surface area (Å²) in [5, 5.41) is 17.7. The number of carbonyl (C=O) groups is 1. The molecule has 24 heavy (non-hydrogen) atoms. The van der Waals surface area contributed by atoms with Crippen LogP contribution >= 0.6 is 0 Å². The van der Waals surface area contributed by atoms with Crippen LogP contribution in [0.2, 0.25) is 0 Å². The van der Waals surface area contributed by atoms with E-state index in [0.29, 0.717) is 18.7 Å². The van der Waals surface area contributed by atoms with E-state index in [1.807, 2.05) is 18.2 Å². The third-order valence-corrected chi connectivity index (χ3v) is 4.36. The van der Waals surface area contributed by atoms with Gasteiger partial charge in [-0.3, -0.25) is 14.4 Å². The fraction of sp³-hybridized carbons (Fsp3) is 0.444. The Morgan fingerprint density at radius 1 is 1.38 bits per heavy atom. The summed E-state index contributed by atoms with van der Waals surface area (Å²) in [7, 11) is 1.80. The molecule has 0 aliphatic carbocycles. The Hall–Kier alpha value is -2.18. The first kappa shape index (κ1) is 16.7. The summed E-state index contributed by atoms with van der Waals surface area (Å²) >= 11 is 0. The van der Waals surface area contributed by atoms with E-state index in [-0.39, 0.29) is 12.3 Å². The number of piperidine rings is 1. The number of anilines is 1. The maximum absolute atomic E-state index is 12.2. The molecular weight excluding hydrogens is 304 g/mol. The maximum Gasteiger partial charge on any atom is 0.227 e. The minimum absolute atomic E-state index is 0.104. The van der Waals surface area contributed by atoms with Crippen LogP contribution in [0, 0.1) is 0 Å². The van der Waals surface area contributed by atoms with E-state index in [9.17, 15) is 9.90 Å². The quantitative estimate of drug-likeness (QED) is 0.878. The van der Waals surface area contributed by atoms with Gasteiger partial charge in [0.15, 0.2) is 0 Å². The zero-order chi connectivity index (χ0) is 17.0. The molecule has 0 saturated carbocycles. The number of nitrogens with zero attached hydrogens (tertiary/aromatic N) is 3. The van der Waals surface area contributed by atoms with E-state index >= 15 is 0 Å². The third-order valence-electron chi connectivity index (χ3n) is 4.36. The monoisotopic (exact) mass is 328 g/mol. The molecule has 3 rings (SSSR count). The second-order valence-corrected chi connectivity index (χ2v) is 6.65. The summed E-state index contributed by atoms with van der Waals surface area (Å²) in [4.78, 5) is 14.5. The fourth-order valence-corrected chi connectivity index (χ4v) is 3.32. The van der Waals surface area contributed by atoms with Gasteiger partial charge in [-0.25, -0.2) is 0 Å². The lowest BCUT2D eigenvalue weighted by molar-refractivity contribution is -0.123. The summed E-state index contributed by atoms with van der Waals surface area (Å²) in [6.45, 7) is 2.26. The molecule has 2 N–H and O–H groups in total. The van der Waals surface area contributed by atoms with Crippen molar-refractivity contribution in [2.75, 3.05) is 18.4 Å². The molecule has 0 radical (unpaired) electrons. The van der Waals surface area contributed by atoms with Crippen molar-refractivity contribution >= 4 is 11.6 Å². The first-order valence-electron chi connectivity index (χ1n) is 8.30. The van der Waals surface area contributed by atoms with E-state index in [0.717, 1.165) is 19.5 Å². The van der Waals surface area contributed by atoms with Crippen molar-refractivity contribution in [3.63, 3.8) is 0 Å². The van der Waals surface area contributed by atoms with Crippen molar-refractivity contribution in [2.45, 2.75) is 31.4 Å². The number of rotatable bonds is 5. The van der Waals surface area contributed by atoms with Gasteiger partial charge in [0.05, 0.1) is 23.9 Å². The zero-order valence-corrected chi connectivity index (χ0v) is 14.0. The molecule has 6 nitrogen and oxygen atoms in total. The van der Waals surface area contributed by atoms with Crippen LogP contribution in [0.15, 0.2) is 42.7 Å². The average molecular weight is 328 g/mol. The predicted molar refractivity (Wildman–Crippen MR) is 92.4 cm³/mol. The topological polar surface area (TPSA) is 70.4 Å². The number of likely N-dealkylation sites (tertiary alicyclic amines) is 1. The normalized spacial score (nSPS) is 21.6. The van der Waals surface area contributed by atoms with Crippen LogP contribution in [0.25, 0.3) is 0 Å². The van der Waals surface area contributed by atoms with Gasteiger partial charge >= 0.3 is 0 Å². The van der Waals surface area contributed by atoms with Crippen molar-refractivity contribution in [3.8, 4) is 0 Å². The predicted octanol–water partition coefficient (Wildman–Crippen LogP) is 1.78. The number of amides is 1. The number of aromatic nitrogens is 2. The van der Waals surface area contributed by atoms with E-state index in [1.165, 1.54) is 5.56 Å². The summed E-state index contributed by atoms with van der Waals surface area (Å²) in [5.41, 5.74) is 0.906. The second kappa shape index (κ2) is 7.15. The average Bonchev–Trinajstić information content (AvgIpc) is 2.92. The fourth-order valence-electron chi connectivity index (χ4n) is 3.32. The molecule has 1 aromatic carbocycles. The van der Waals surface area contributed by atoms with Gasteiger partial charge in [-0.05, 0) is 24.9 Å². The Bertz CT molecular complexity index is 685. The van der Waals surface area contributed by atoms with E-state index in [2.05, 4.69) is 27.4 Å². The SMILES string of the molecule is Cn1cc(NC(=O)CC2(O)CCCN(Cc3ccccc3)C2)cn1. The van der Waals surface area contributed by atoms with Gasteiger partial charge in [0, 0.05) is 26.3 Å². The van der Waals surface area contributed by atoms with Gasteiger partial charge in [-0.15, -0.1) is 0 Å². The highest BCUT2D eigenvalue weighted by Gasteiger charge is 2.35. The van der Waals surface area contributed by atoms with Gasteiger partial charge in [0.25, 0.3) is 0 Å². The lowest BCUT2D eigenvalue weighted by Crippen LogP contribution is -2.49. The third kappa shape index (κ3) is 4.43. The first-order chi connectivity index (χ1) is 11.5. The van der Waals surface area contributed by atoms with Gasteiger partial charge < -0.3 is 10.4 Å². The molecule has 1 fully saturated rings. The number of aliphatic hydroxyl groups is 1. The summed E-state index contributed by atoms with van der Waals surface area (Å²) in [6, 6.07) is 10.2. The molecule has 2 aromatic rings. The molecule has 128 valence electrons. The van der Waals surface area contributed by atoms with Crippen molar-refractivity contribution in [1.82, 2.24) is 14.7 Å². The van der Waals surface area contributed by atoms with Gasteiger partial charge in [-0.2, -0.15) is 5.10 Å². The van der Waals surface area contributed by atoms with Crippen LogP contribution in [0.1, 0.15) is 24.8 Å². The van der Waals surface area contributed by atoms with Crippen LogP contribution < -0.4 is 5.32 Å². The highest BCUT2D eigenvalue weighted by Crippen LogP contribution is 2.26. The molecule has 1 aliphatic rings. The molecule has 6 heteroatoms.